The highest BCUT2D eigenvalue weighted by molar-refractivity contribution is 5.93. The summed E-state index contributed by atoms with van der Waals surface area (Å²) in [5.74, 6) is -0.314. The molecule has 0 bridgehead atoms. The zero-order chi connectivity index (χ0) is 15.3. The second-order valence-electron chi connectivity index (χ2n) is 5.41. The lowest BCUT2D eigenvalue weighted by Gasteiger charge is -2.33. The minimum absolute atomic E-state index is 0.0296. The fraction of sp³-hybridized carbons (Fsp3) is 0.600. The lowest BCUT2D eigenvalue weighted by molar-refractivity contribution is 0.0543. The van der Waals surface area contributed by atoms with E-state index in [0.717, 1.165) is 18.5 Å². The maximum Gasteiger partial charge on any atom is 0.260 e. The smallest absolute Gasteiger partial charge is 0.260 e. The van der Waals surface area contributed by atoms with E-state index in [-0.39, 0.29) is 29.1 Å². The molecular weight excluding hydrogens is 256 g/mol. The number of carbonyl (C=O) groups is 1. The molecular formula is C15H24N2O3. The van der Waals surface area contributed by atoms with Crippen molar-refractivity contribution in [3.8, 4) is 0 Å². The molecule has 1 aromatic heterocycles. The highest BCUT2D eigenvalue weighted by Gasteiger charge is 2.29. The Morgan fingerprint density at radius 2 is 1.95 bits per heavy atom. The van der Waals surface area contributed by atoms with Gasteiger partial charge >= 0.3 is 0 Å². The predicted molar refractivity (Wildman–Crippen MR) is 78.9 cm³/mol. The first-order valence-corrected chi connectivity index (χ1v) is 6.95. The number of H-pyrrole nitrogens is 1. The molecule has 1 heterocycles. The maximum absolute atomic E-state index is 12.3. The molecule has 0 unspecified atom stereocenters. The number of carbonyl (C=O) groups excluding carboxylic acids is 1. The van der Waals surface area contributed by atoms with Crippen LogP contribution in [-0.4, -0.2) is 41.1 Å². The molecule has 2 N–H and O–H groups in total. The Morgan fingerprint density at radius 3 is 2.40 bits per heavy atom. The summed E-state index contributed by atoms with van der Waals surface area (Å²) in [6.07, 6.45) is 1.56. The van der Waals surface area contributed by atoms with E-state index in [1.165, 1.54) is 4.90 Å². The summed E-state index contributed by atoms with van der Waals surface area (Å²) in [5, 5.41) is 9.56. The van der Waals surface area contributed by atoms with E-state index in [4.69, 9.17) is 0 Å². The van der Waals surface area contributed by atoms with E-state index in [0.29, 0.717) is 6.54 Å². The largest absolute Gasteiger partial charge is 0.396 e. The summed E-state index contributed by atoms with van der Waals surface area (Å²) in [6, 6.07) is 3.26. The molecule has 0 radical (unpaired) electrons. The number of hydrogen-bond acceptors (Lipinski definition) is 3. The van der Waals surface area contributed by atoms with E-state index < -0.39 is 0 Å². The Bertz CT molecular complexity index is 510. The molecule has 0 saturated heterocycles. The van der Waals surface area contributed by atoms with Crippen molar-refractivity contribution in [3.05, 3.63) is 33.7 Å². The summed E-state index contributed by atoms with van der Waals surface area (Å²) >= 11 is 0. The average Bonchev–Trinajstić information content (AvgIpc) is 2.44. The van der Waals surface area contributed by atoms with Crippen LogP contribution in [0.25, 0.3) is 0 Å². The van der Waals surface area contributed by atoms with Gasteiger partial charge in [-0.1, -0.05) is 13.8 Å². The van der Waals surface area contributed by atoms with Gasteiger partial charge in [0.15, 0.2) is 0 Å². The standard InChI is InChI=1S/C15H24N2O3/c1-5-15(6-2,10-18)9-17(4)14(20)12-8-7-11(3)16-13(12)19/h7-8,18H,5-6,9-10H2,1-4H3,(H,16,19). The third kappa shape index (κ3) is 3.48. The number of hydrogen-bond donors (Lipinski definition) is 2. The van der Waals surface area contributed by atoms with E-state index in [9.17, 15) is 14.7 Å². The Hall–Kier alpha value is -1.62. The minimum atomic E-state index is -0.371. The number of aliphatic hydroxyl groups excluding tert-OH is 1. The van der Waals surface area contributed by atoms with Gasteiger partial charge in [0.2, 0.25) is 0 Å². The van der Waals surface area contributed by atoms with Gasteiger partial charge in [0.25, 0.3) is 11.5 Å². The maximum atomic E-state index is 12.3. The van der Waals surface area contributed by atoms with Gasteiger partial charge in [0.1, 0.15) is 5.56 Å². The van der Waals surface area contributed by atoms with E-state index >= 15 is 0 Å². The SMILES string of the molecule is CCC(CC)(CO)CN(C)C(=O)c1ccc(C)[nH]c1=O. The van der Waals surface area contributed by atoms with Crippen LogP contribution >= 0.6 is 0 Å². The third-order valence-electron chi connectivity index (χ3n) is 4.04. The van der Waals surface area contributed by atoms with Gasteiger partial charge in [0.05, 0.1) is 6.61 Å². The molecule has 1 rings (SSSR count). The molecule has 0 saturated carbocycles. The van der Waals surface area contributed by atoms with Gasteiger partial charge in [-0.25, -0.2) is 0 Å². The van der Waals surface area contributed by atoms with Crippen LogP contribution in [0.3, 0.4) is 0 Å². The second kappa shape index (κ2) is 6.70. The number of aliphatic hydroxyl groups is 1. The second-order valence-corrected chi connectivity index (χ2v) is 5.41. The van der Waals surface area contributed by atoms with Gasteiger partial charge in [0, 0.05) is 24.7 Å². The van der Waals surface area contributed by atoms with Crippen LogP contribution in [0.2, 0.25) is 0 Å². The molecule has 112 valence electrons. The zero-order valence-corrected chi connectivity index (χ0v) is 12.7. The van der Waals surface area contributed by atoms with Gasteiger partial charge < -0.3 is 15.0 Å². The number of aromatic nitrogens is 1. The van der Waals surface area contributed by atoms with Crippen LogP contribution in [-0.2, 0) is 0 Å². The van der Waals surface area contributed by atoms with Crippen molar-refractivity contribution in [1.29, 1.82) is 0 Å². The normalized spacial score (nSPS) is 11.4. The molecule has 0 atom stereocenters. The molecule has 5 heteroatoms. The van der Waals surface area contributed by atoms with Crippen molar-refractivity contribution in [2.75, 3.05) is 20.2 Å². The Kier molecular flexibility index (Phi) is 5.51. The summed E-state index contributed by atoms with van der Waals surface area (Å²) in [7, 11) is 1.66. The molecule has 5 nitrogen and oxygen atoms in total. The van der Waals surface area contributed by atoms with Gasteiger partial charge in [-0.15, -0.1) is 0 Å². The first-order chi connectivity index (χ1) is 9.39. The van der Waals surface area contributed by atoms with Crippen molar-refractivity contribution in [1.82, 2.24) is 9.88 Å². The number of rotatable bonds is 6. The van der Waals surface area contributed by atoms with Crippen molar-refractivity contribution in [3.63, 3.8) is 0 Å². The summed E-state index contributed by atoms with van der Waals surface area (Å²) in [6.45, 7) is 6.22. The van der Waals surface area contributed by atoms with Crippen LogP contribution in [0, 0.1) is 12.3 Å². The van der Waals surface area contributed by atoms with Crippen molar-refractivity contribution in [2.24, 2.45) is 5.41 Å². The quantitative estimate of drug-likeness (QED) is 0.830. The zero-order valence-electron chi connectivity index (χ0n) is 12.7. The monoisotopic (exact) mass is 280 g/mol. The Balaban J connectivity index is 2.94. The van der Waals surface area contributed by atoms with Crippen molar-refractivity contribution < 1.29 is 9.90 Å². The van der Waals surface area contributed by atoms with E-state index in [1.54, 1.807) is 26.1 Å². The number of amides is 1. The molecule has 20 heavy (non-hydrogen) atoms. The van der Waals surface area contributed by atoms with Gasteiger partial charge in [-0.2, -0.15) is 0 Å². The van der Waals surface area contributed by atoms with Crippen LogP contribution in [0.5, 0.6) is 0 Å². The van der Waals surface area contributed by atoms with Crippen LogP contribution in [0.15, 0.2) is 16.9 Å². The molecule has 0 aliphatic rings. The fourth-order valence-electron chi connectivity index (χ4n) is 2.27. The highest BCUT2D eigenvalue weighted by Crippen LogP contribution is 2.26. The number of aryl methyl sites for hydroxylation is 1. The number of nitrogens with one attached hydrogen (secondary N) is 1. The molecule has 0 fully saturated rings. The first-order valence-electron chi connectivity index (χ1n) is 6.95. The van der Waals surface area contributed by atoms with Crippen LogP contribution in [0.1, 0.15) is 42.7 Å². The summed E-state index contributed by atoms with van der Waals surface area (Å²) in [4.78, 5) is 28.3. The lowest BCUT2D eigenvalue weighted by Crippen LogP contribution is -2.42. The summed E-state index contributed by atoms with van der Waals surface area (Å²) < 4.78 is 0. The lowest BCUT2D eigenvalue weighted by atomic mass is 9.82. The first kappa shape index (κ1) is 16.4. The minimum Gasteiger partial charge on any atom is -0.396 e. The number of aromatic amines is 1. The Morgan fingerprint density at radius 1 is 1.35 bits per heavy atom. The topological polar surface area (TPSA) is 73.4 Å². The third-order valence-corrected chi connectivity index (χ3v) is 4.04. The summed E-state index contributed by atoms with van der Waals surface area (Å²) in [5.41, 5.74) is 0.185. The average molecular weight is 280 g/mol. The molecule has 0 spiro atoms. The molecule has 1 aromatic rings. The molecule has 0 aliphatic heterocycles. The predicted octanol–water partition coefficient (Wildman–Crippen LogP) is 1.55. The van der Waals surface area contributed by atoms with Crippen molar-refractivity contribution in [2.45, 2.75) is 33.6 Å². The van der Waals surface area contributed by atoms with Crippen LogP contribution < -0.4 is 5.56 Å². The fourth-order valence-corrected chi connectivity index (χ4v) is 2.27. The number of nitrogens with zero attached hydrogens (tertiary/aromatic N) is 1. The Labute approximate surface area is 119 Å². The molecule has 0 aliphatic carbocycles. The number of pyridine rings is 1. The van der Waals surface area contributed by atoms with E-state index in [2.05, 4.69) is 4.98 Å². The van der Waals surface area contributed by atoms with Gasteiger partial charge in [-0.3, -0.25) is 9.59 Å². The van der Waals surface area contributed by atoms with E-state index in [1.807, 2.05) is 13.8 Å². The van der Waals surface area contributed by atoms with Crippen molar-refractivity contribution >= 4 is 5.91 Å². The molecule has 0 aromatic carbocycles. The molecule has 1 amide bonds. The van der Waals surface area contributed by atoms with Crippen LogP contribution in [0.4, 0.5) is 0 Å². The highest BCUT2D eigenvalue weighted by atomic mass is 16.3. The van der Waals surface area contributed by atoms with Gasteiger partial charge in [-0.05, 0) is 31.9 Å².